The summed E-state index contributed by atoms with van der Waals surface area (Å²) in [5.41, 5.74) is 2.83. The second-order valence-electron chi connectivity index (χ2n) is 5.88. The normalized spacial score (nSPS) is 11.7. The molecule has 1 N–H and O–H groups in total. The maximum absolute atomic E-state index is 12.3. The Balaban J connectivity index is 2.09. The van der Waals surface area contributed by atoms with Crippen LogP contribution in [0, 0.1) is 30.9 Å². The first-order valence-corrected chi connectivity index (χ1v) is 8.06. The first kappa shape index (κ1) is 18.7. The van der Waals surface area contributed by atoms with Crippen molar-refractivity contribution in [3.63, 3.8) is 0 Å². The number of halogens is 1. The Morgan fingerprint density at radius 2 is 1.76 bits per heavy atom. The van der Waals surface area contributed by atoms with Crippen molar-refractivity contribution in [2.24, 2.45) is 0 Å². The van der Waals surface area contributed by atoms with Crippen LogP contribution >= 0.6 is 11.6 Å². The molecule has 2 aromatic carbocycles. The molecule has 0 aliphatic heterocycles. The van der Waals surface area contributed by atoms with Gasteiger partial charge in [-0.2, -0.15) is 0 Å². The zero-order valence-corrected chi connectivity index (χ0v) is 15.2. The van der Waals surface area contributed by atoms with E-state index >= 15 is 0 Å². The topological polar surface area (TPSA) is 81.5 Å². The van der Waals surface area contributed by atoms with Crippen molar-refractivity contribution in [3.8, 4) is 5.75 Å². The molecule has 7 heteroatoms. The van der Waals surface area contributed by atoms with Gasteiger partial charge in [-0.3, -0.25) is 14.9 Å². The van der Waals surface area contributed by atoms with E-state index in [0.717, 1.165) is 11.1 Å². The fourth-order valence-electron chi connectivity index (χ4n) is 2.37. The van der Waals surface area contributed by atoms with E-state index in [4.69, 9.17) is 16.3 Å². The average molecular weight is 363 g/mol. The summed E-state index contributed by atoms with van der Waals surface area (Å²) in [6.07, 6.45) is -0.741. The van der Waals surface area contributed by atoms with E-state index < -0.39 is 11.0 Å². The van der Waals surface area contributed by atoms with Crippen LogP contribution in [0.25, 0.3) is 0 Å². The number of amides is 1. The van der Waals surface area contributed by atoms with Gasteiger partial charge in [-0.25, -0.2) is 0 Å². The number of carbonyl (C=O) groups excluding carboxylic acids is 1. The number of hydrogen-bond donors (Lipinski definition) is 1. The van der Waals surface area contributed by atoms with Gasteiger partial charge in [-0.05, 0) is 62.6 Å². The molecule has 0 aliphatic rings. The summed E-state index contributed by atoms with van der Waals surface area (Å²) in [5.74, 6) is 0.213. The van der Waals surface area contributed by atoms with Gasteiger partial charge < -0.3 is 10.1 Å². The van der Waals surface area contributed by atoms with Crippen LogP contribution in [0.1, 0.15) is 23.6 Å². The maximum Gasteiger partial charge on any atom is 0.269 e. The number of aryl methyl sites for hydroxylation is 3. The Kier molecular flexibility index (Phi) is 5.64. The maximum atomic E-state index is 12.3. The third-order valence-corrected chi connectivity index (χ3v) is 4.37. The van der Waals surface area contributed by atoms with Gasteiger partial charge in [0.2, 0.25) is 0 Å². The number of hydrogen-bond acceptors (Lipinski definition) is 4. The van der Waals surface area contributed by atoms with Gasteiger partial charge in [0.15, 0.2) is 6.10 Å². The second-order valence-corrected chi connectivity index (χ2v) is 6.25. The van der Waals surface area contributed by atoms with Crippen molar-refractivity contribution < 1.29 is 14.5 Å². The number of nitro groups is 1. The largest absolute Gasteiger partial charge is 0.481 e. The first-order chi connectivity index (χ1) is 11.7. The molecule has 2 rings (SSSR count). The number of anilines is 1. The molecular weight excluding hydrogens is 344 g/mol. The first-order valence-electron chi connectivity index (χ1n) is 7.68. The van der Waals surface area contributed by atoms with Gasteiger partial charge in [-0.15, -0.1) is 0 Å². The SMILES string of the molecule is Cc1cc([N+](=O)[O-])ccc1NC(=O)[C@@H](C)Oc1cc(C)c(Cl)c(C)c1. The van der Waals surface area contributed by atoms with Crippen molar-refractivity contribution in [2.45, 2.75) is 33.8 Å². The van der Waals surface area contributed by atoms with E-state index in [2.05, 4.69) is 5.32 Å². The van der Waals surface area contributed by atoms with Gasteiger partial charge in [0.05, 0.1) is 4.92 Å². The molecule has 132 valence electrons. The second kappa shape index (κ2) is 7.53. The fraction of sp³-hybridized carbons (Fsp3) is 0.278. The zero-order chi connectivity index (χ0) is 18.7. The van der Waals surface area contributed by atoms with Crippen LogP contribution in [0.3, 0.4) is 0 Å². The summed E-state index contributed by atoms with van der Waals surface area (Å²) in [4.78, 5) is 22.6. The van der Waals surface area contributed by atoms with Crippen molar-refractivity contribution in [2.75, 3.05) is 5.32 Å². The fourth-order valence-corrected chi connectivity index (χ4v) is 2.48. The number of rotatable bonds is 5. The number of nitro benzene ring substituents is 1. The molecule has 0 heterocycles. The number of carbonyl (C=O) groups is 1. The Morgan fingerprint density at radius 3 is 2.28 bits per heavy atom. The predicted molar refractivity (Wildman–Crippen MR) is 97.5 cm³/mol. The number of nitrogens with zero attached hydrogens (tertiary/aromatic N) is 1. The lowest BCUT2D eigenvalue weighted by Crippen LogP contribution is -2.30. The van der Waals surface area contributed by atoms with Crippen LogP contribution in [0.15, 0.2) is 30.3 Å². The van der Waals surface area contributed by atoms with Gasteiger partial charge in [-0.1, -0.05) is 11.6 Å². The summed E-state index contributed by atoms with van der Waals surface area (Å²) in [6.45, 7) is 7.07. The van der Waals surface area contributed by atoms with Crippen LogP contribution in [0.4, 0.5) is 11.4 Å². The molecular formula is C18H19ClN2O4. The Hall–Kier alpha value is -2.60. The number of benzene rings is 2. The molecule has 0 radical (unpaired) electrons. The number of ether oxygens (including phenoxy) is 1. The summed E-state index contributed by atoms with van der Waals surface area (Å²) < 4.78 is 5.69. The summed E-state index contributed by atoms with van der Waals surface area (Å²) in [7, 11) is 0. The van der Waals surface area contributed by atoms with Gasteiger partial charge >= 0.3 is 0 Å². The van der Waals surface area contributed by atoms with Crippen molar-refractivity contribution >= 4 is 28.9 Å². The molecule has 0 aromatic heterocycles. The smallest absolute Gasteiger partial charge is 0.269 e. The van der Waals surface area contributed by atoms with E-state index in [1.807, 2.05) is 13.8 Å². The lowest BCUT2D eigenvalue weighted by molar-refractivity contribution is -0.384. The predicted octanol–water partition coefficient (Wildman–Crippen LogP) is 4.58. The highest BCUT2D eigenvalue weighted by molar-refractivity contribution is 6.32. The third kappa shape index (κ3) is 4.48. The molecule has 0 fully saturated rings. The highest BCUT2D eigenvalue weighted by atomic mass is 35.5. The van der Waals surface area contributed by atoms with Gasteiger partial charge in [0, 0.05) is 22.8 Å². The molecule has 2 aromatic rings. The molecule has 0 saturated carbocycles. The minimum Gasteiger partial charge on any atom is -0.481 e. The van der Waals surface area contributed by atoms with Gasteiger partial charge in [0.1, 0.15) is 5.75 Å². The van der Waals surface area contributed by atoms with Gasteiger partial charge in [0.25, 0.3) is 11.6 Å². The van der Waals surface area contributed by atoms with Crippen LogP contribution in [-0.4, -0.2) is 16.9 Å². The Bertz CT molecular complexity index is 813. The number of nitrogens with one attached hydrogen (secondary N) is 1. The third-order valence-electron chi connectivity index (χ3n) is 3.77. The minimum atomic E-state index is -0.741. The monoisotopic (exact) mass is 362 g/mol. The van der Waals surface area contributed by atoms with Crippen LogP contribution in [0.2, 0.25) is 5.02 Å². The summed E-state index contributed by atoms with van der Waals surface area (Å²) in [5, 5.41) is 14.2. The lowest BCUT2D eigenvalue weighted by Gasteiger charge is -2.17. The number of non-ortho nitro benzene ring substituents is 1. The van der Waals surface area contributed by atoms with E-state index in [1.54, 1.807) is 26.0 Å². The van der Waals surface area contributed by atoms with E-state index in [-0.39, 0.29) is 11.6 Å². The Morgan fingerprint density at radius 1 is 1.16 bits per heavy atom. The lowest BCUT2D eigenvalue weighted by atomic mass is 10.1. The van der Waals surface area contributed by atoms with Crippen LogP contribution < -0.4 is 10.1 Å². The standard InChI is InChI=1S/C18H19ClN2O4/c1-10-7-14(21(23)24)5-6-16(10)20-18(22)13(4)25-15-8-11(2)17(19)12(3)9-15/h5-9,13H,1-4H3,(H,20,22)/t13-/m1/s1. The highest BCUT2D eigenvalue weighted by Gasteiger charge is 2.17. The van der Waals surface area contributed by atoms with Crippen LogP contribution in [0.5, 0.6) is 5.75 Å². The summed E-state index contributed by atoms with van der Waals surface area (Å²) >= 11 is 6.13. The molecule has 1 atom stereocenters. The van der Waals surface area contributed by atoms with E-state index in [1.165, 1.54) is 18.2 Å². The highest BCUT2D eigenvalue weighted by Crippen LogP contribution is 2.27. The molecule has 0 aliphatic carbocycles. The molecule has 25 heavy (non-hydrogen) atoms. The average Bonchev–Trinajstić information content (AvgIpc) is 2.54. The molecule has 6 nitrogen and oxygen atoms in total. The van der Waals surface area contributed by atoms with Crippen molar-refractivity contribution in [1.82, 2.24) is 0 Å². The van der Waals surface area contributed by atoms with E-state index in [9.17, 15) is 14.9 Å². The molecule has 0 saturated heterocycles. The quantitative estimate of drug-likeness (QED) is 0.623. The zero-order valence-electron chi connectivity index (χ0n) is 14.4. The molecule has 1 amide bonds. The van der Waals surface area contributed by atoms with Crippen molar-refractivity contribution in [1.29, 1.82) is 0 Å². The summed E-state index contributed by atoms with van der Waals surface area (Å²) in [6, 6.07) is 7.81. The van der Waals surface area contributed by atoms with E-state index in [0.29, 0.717) is 22.0 Å². The van der Waals surface area contributed by atoms with Crippen LogP contribution in [-0.2, 0) is 4.79 Å². The molecule has 0 bridgehead atoms. The molecule has 0 spiro atoms. The molecule has 0 unspecified atom stereocenters. The Labute approximate surface area is 150 Å². The van der Waals surface area contributed by atoms with Crippen molar-refractivity contribution in [3.05, 3.63) is 62.2 Å². The minimum absolute atomic E-state index is 0.0214.